The number of amides is 1. The molecular weight excluding hydrogens is 342 g/mol. The Labute approximate surface area is 159 Å². The van der Waals surface area contributed by atoms with Gasteiger partial charge in [0.25, 0.3) is 5.91 Å². The normalized spacial score (nSPS) is 15.9. The third-order valence-corrected chi connectivity index (χ3v) is 5.29. The standard InChI is InChI=1S/C22H25NO4/c1-25-20-11-17-9-10-23(13-18(17)12-21(20)26-2)22(24)16-5-7-19(8-6-16)27-14-15-3-4-15/h5-8,11-12,15H,3-4,9-10,13-14H2,1-2H3. The summed E-state index contributed by atoms with van der Waals surface area (Å²) in [5, 5.41) is 0. The molecule has 1 aliphatic heterocycles. The molecule has 0 unspecified atom stereocenters. The van der Waals surface area contributed by atoms with Gasteiger partial charge in [-0.05, 0) is 72.7 Å². The minimum Gasteiger partial charge on any atom is -0.493 e. The zero-order valence-corrected chi connectivity index (χ0v) is 15.9. The second kappa shape index (κ2) is 7.51. The Bertz CT molecular complexity index is 827. The molecular formula is C22H25NO4. The van der Waals surface area contributed by atoms with Gasteiger partial charge in [-0.1, -0.05) is 0 Å². The molecule has 5 nitrogen and oxygen atoms in total. The maximum atomic E-state index is 12.9. The lowest BCUT2D eigenvalue weighted by Gasteiger charge is -2.29. The molecule has 1 heterocycles. The van der Waals surface area contributed by atoms with Crippen LogP contribution in [0.15, 0.2) is 36.4 Å². The van der Waals surface area contributed by atoms with Crippen LogP contribution in [0.1, 0.15) is 34.3 Å². The summed E-state index contributed by atoms with van der Waals surface area (Å²) >= 11 is 0. The number of hydrogen-bond acceptors (Lipinski definition) is 4. The van der Waals surface area contributed by atoms with Crippen molar-refractivity contribution in [3.05, 3.63) is 53.1 Å². The maximum Gasteiger partial charge on any atom is 0.254 e. The Morgan fingerprint density at radius 3 is 2.33 bits per heavy atom. The number of benzene rings is 2. The number of ether oxygens (including phenoxy) is 3. The van der Waals surface area contributed by atoms with Crippen LogP contribution < -0.4 is 14.2 Å². The Kier molecular flexibility index (Phi) is 4.92. The third kappa shape index (κ3) is 3.87. The molecule has 1 fully saturated rings. The summed E-state index contributed by atoms with van der Waals surface area (Å²) in [6.45, 7) is 2.05. The lowest BCUT2D eigenvalue weighted by molar-refractivity contribution is 0.0734. The Balaban J connectivity index is 1.45. The zero-order chi connectivity index (χ0) is 18.8. The number of carbonyl (C=O) groups is 1. The Morgan fingerprint density at radius 1 is 1.04 bits per heavy atom. The molecule has 1 amide bonds. The molecule has 1 aliphatic carbocycles. The monoisotopic (exact) mass is 367 g/mol. The van der Waals surface area contributed by atoms with Gasteiger partial charge in [-0.2, -0.15) is 0 Å². The van der Waals surface area contributed by atoms with Gasteiger partial charge in [-0.3, -0.25) is 4.79 Å². The average molecular weight is 367 g/mol. The average Bonchev–Trinajstić information content (AvgIpc) is 3.55. The fourth-order valence-corrected chi connectivity index (χ4v) is 3.43. The van der Waals surface area contributed by atoms with Crippen LogP contribution in [0.3, 0.4) is 0 Å². The zero-order valence-electron chi connectivity index (χ0n) is 15.9. The smallest absolute Gasteiger partial charge is 0.254 e. The molecule has 0 spiro atoms. The van der Waals surface area contributed by atoms with E-state index in [1.807, 2.05) is 41.3 Å². The SMILES string of the molecule is COc1cc2c(cc1OC)CN(C(=O)c1ccc(OCC3CC3)cc1)CC2. The van der Waals surface area contributed by atoms with E-state index in [-0.39, 0.29) is 5.91 Å². The highest BCUT2D eigenvalue weighted by Crippen LogP contribution is 2.33. The van der Waals surface area contributed by atoms with E-state index in [1.54, 1.807) is 14.2 Å². The van der Waals surface area contributed by atoms with Crippen LogP contribution in [-0.4, -0.2) is 38.2 Å². The predicted octanol–water partition coefficient (Wildman–Crippen LogP) is 3.69. The van der Waals surface area contributed by atoms with Crippen molar-refractivity contribution >= 4 is 5.91 Å². The first-order valence-electron chi connectivity index (χ1n) is 9.44. The van der Waals surface area contributed by atoms with E-state index in [2.05, 4.69) is 0 Å². The lowest BCUT2D eigenvalue weighted by Crippen LogP contribution is -2.36. The number of methoxy groups -OCH3 is 2. The highest BCUT2D eigenvalue weighted by atomic mass is 16.5. The maximum absolute atomic E-state index is 12.9. The van der Waals surface area contributed by atoms with Crippen molar-refractivity contribution in [1.29, 1.82) is 0 Å². The van der Waals surface area contributed by atoms with Crippen molar-refractivity contribution in [3.8, 4) is 17.2 Å². The summed E-state index contributed by atoms with van der Waals surface area (Å²) < 4.78 is 16.5. The number of fused-ring (bicyclic) bond motifs is 1. The molecule has 4 rings (SSSR count). The summed E-state index contributed by atoms with van der Waals surface area (Å²) in [6.07, 6.45) is 3.34. The van der Waals surface area contributed by atoms with Gasteiger partial charge in [-0.15, -0.1) is 0 Å². The van der Waals surface area contributed by atoms with Gasteiger partial charge in [0.1, 0.15) is 5.75 Å². The van der Waals surface area contributed by atoms with Crippen molar-refractivity contribution in [2.45, 2.75) is 25.8 Å². The first-order valence-corrected chi connectivity index (χ1v) is 9.44. The molecule has 0 aromatic heterocycles. The van der Waals surface area contributed by atoms with Crippen LogP contribution in [0.5, 0.6) is 17.2 Å². The lowest BCUT2D eigenvalue weighted by atomic mass is 9.98. The van der Waals surface area contributed by atoms with Gasteiger partial charge in [0.05, 0.1) is 20.8 Å². The summed E-state index contributed by atoms with van der Waals surface area (Å²) in [5.74, 6) is 3.03. The van der Waals surface area contributed by atoms with Gasteiger partial charge in [0.2, 0.25) is 0 Å². The number of hydrogen-bond donors (Lipinski definition) is 0. The molecule has 2 aromatic rings. The highest BCUT2D eigenvalue weighted by molar-refractivity contribution is 5.94. The number of nitrogens with zero attached hydrogens (tertiary/aromatic N) is 1. The fraction of sp³-hybridized carbons (Fsp3) is 0.409. The molecule has 0 saturated heterocycles. The Hall–Kier alpha value is -2.69. The van der Waals surface area contributed by atoms with Crippen molar-refractivity contribution in [2.75, 3.05) is 27.4 Å². The third-order valence-electron chi connectivity index (χ3n) is 5.29. The molecule has 0 N–H and O–H groups in total. The first-order chi connectivity index (χ1) is 13.2. The second-order valence-electron chi connectivity index (χ2n) is 7.23. The van der Waals surface area contributed by atoms with Crippen molar-refractivity contribution in [1.82, 2.24) is 4.90 Å². The van der Waals surface area contributed by atoms with Crippen LogP contribution in [-0.2, 0) is 13.0 Å². The molecule has 0 bridgehead atoms. The predicted molar refractivity (Wildman–Crippen MR) is 103 cm³/mol. The molecule has 27 heavy (non-hydrogen) atoms. The van der Waals surface area contributed by atoms with Gasteiger partial charge in [0, 0.05) is 18.7 Å². The van der Waals surface area contributed by atoms with Gasteiger partial charge < -0.3 is 19.1 Å². The minimum atomic E-state index is 0.0455. The topological polar surface area (TPSA) is 48.0 Å². The van der Waals surface area contributed by atoms with Crippen LogP contribution >= 0.6 is 0 Å². The Morgan fingerprint density at radius 2 is 1.70 bits per heavy atom. The fourth-order valence-electron chi connectivity index (χ4n) is 3.43. The van der Waals surface area contributed by atoms with E-state index < -0.39 is 0 Å². The summed E-state index contributed by atoms with van der Waals surface area (Å²) in [5.41, 5.74) is 3.01. The summed E-state index contributed by atoms with van der Waals surface area (Å²) in [7, 11) is 3.27. The van der Waals surface area contributed by atoms with Crippen LogP contribution in [0.2, 0.25) is 0 Å². The van der Waals surface area contributed by atoms with E-state index in [0.29, 0.717) is 24.4 Å². The van der Waals surface area contributed by atoms with E-state index >= 15 is 0 Å². The minimum absolute atomic E-state index is 0.0455. The van der Waals surface area contributed by atoms with Crippen molar-refractivity contribution in [2.24, 2.45) is 5.92 Å². The van der Waals surface area contributed by atoms with E-state index in [0.717, 1.165) is 36.0 Å². The van der Waals surface area contributed by atoms with Crippen LogP contribution in [0.25, 0.3) is 0 Å². The molecule has 2 aliphatic rings. The molecule has 142 valence electrons. The number of carbonyl (C=O) groups excluding carboxylic acids is 1. The summed E-state index contributed by atoms with van der Waals surface area (Å²) in [4.78, 5) is 14.8. The number of rotatable bonds is 6. The largest absolute Gasteiger partial charge is 0.493 e. The van der Waals surface area contributed by atoms with Crippen molar-refractivity contribution in [3.63, 3.8) is 0 Å². The second-order valence-corrected chi connectivity index (χ2v) is 7.23. The molecule has 1 saturated carbocycles. The quantitative estimate of drug-likeness (QED) is 0.781. The van der Waals surface area contributed by atoms with E-state index in [9.17, 15) is 4.79 Å². The first kappa shape index (κ1) is 17.7. The van der Waals surface area contributed by atoms with Crippen LogP contribution in [0, 0.1) is 5.92 Å². The van der Waals surface area contributed by atoms with Gasteiger partial charge >= 0.3 is 0 Å². The van der Waals surface area contributed by atoms with E-state index in [4.69, 9.17) is 14.2 Å². The van der Waals surface area contributed by atoms with Gasteiger partial charge in [-0.25, -0.2) is 0 Å². The molecule has 0 atom stereocenters. The van der Waals surface area contributed by atoms with Gasteiger partial charge in [0.15, 0.2) is 11.5 Å². The molecule has 0 radical (unpaired) electrons. The molecule has 2 aromatic carbocycles. The highest BCUT2D eigenvalue weighted by Gasteiger charge is 2.24. The molecule has 5 heteroatoms. The van der Waals surface area contributed by atoms with Crippen molar-refractivity contribution < 1.29 is 19.0 Å². The summed E-state index contributed by atoms with van der Waals surface area (Å²) in [6, 6.07) is 11.5. The van der Waals surface area contributed by atoms with Crippen LogP contribution in [0.4, 0.5) is 0 Å². The van der Waals surface area contributed by atoms with E-state index in [1.165, 1.54) is 18.4 Å².